The van der Waals surface area contributed by atoms with Crippen LogP contribution in [0.15, 0.2) is 78.2 Å². The smallest absolute Gasteiger partial charge is 0.226 e. The SMILES string of the molecule is c1cncc([C@@H]2C3=C(Nc4ncnn42)c2ccccc2O[C@@H]3c2cccs2)c1. The van der Waals surface area contributed by atoms with E-state index in [2.05, 4.69) is 50.0 Å². The van der Waals surface area contributed by atoms with Crippen LogP contribution in [0.3, 0.4) is 0 Å². The van der Waals surface area contributed by atoms with Gasteiger partial charge in [-0.2, -0.15) is 10.1 Å². The summed E-state index contributed by atoms with van der Waals surface area (Å²) in [6, 6.07) is 16.2. The molecule has 2 atom stereocenters. The van der Waals surface area contributed by atoms with Gasteiger partial charge in [-0.05, 0) is 35.2 Å². The van der Waals surface area contributed by atoms with E-state index >= 15 is 0 Å². The molecule has 2 aliphatic rings. The number of thiophene rings is 1. The van der Waals surface area contributed by atoms with Gasteiger partial charge in [0.15, 0.2) is 6.10 Å². The summed E-state index contributed by atoms with van der Waals surface area (Å²) in [6.45, 7) is 0. The van der Waals surface area contributed by atoms with E-state index in [1.807, 2.05) is 35.1 Å². The number of rotatable bonds is 2. The lowest BCUT2D eigenvalue weighted by atomic mass is 9.87. The highest BCUT2D eigenvalue weighted by atomic mass is 32.1. The molecule has 5 heterocycles. The quantitative estimate of drug-likeness (QED) is 0.557. The van der Waals surface area contributed by atoms with Gasteiger partial charge in [-0.1, -0.05) is 24.3 Å². The van der Waals surface area contributed by atoms with Crippen molar-refractivity contribution in [2.45, 2.75) is 12.1 Å². The fourth-order valence-corrected chi connectivity index (χ4v) is 4.72. The van der Waals surface area contributed by atoms with Crippen molar-refractivity contribution in [3.63, 3.8) is 0 Å². The normalized spacial score (nSPS) is 19.9. The van der Waals surface area contributed by atoms with Crippen LogP contribution in [0.25, 0.3) is 5.70 Å². The molecule has 0 aliphatic carbocycles. The Morgan fingerprint density at radius 2 is 2.04 bits per heavy atom. The second kappa shape index (κ2) is 6.03. The van der Waals surface area contributed by atoms with E-state index in [-0.39, 0.29) is 12.1 Å². The zero-order valence-electron chi connectivity index (χ0n) is 14.7. The monoisotopic (exact) mass is 385 g/mol. The van der Waals surface area contributed by atoms with Crippen molar-refractivity contribution in [1.29, 1.82) is 0 Å². The zero-order chi connectivity index (χ0) is 18.5. The average Bonchev–Trinajstić information content (AvgIpc) is 3.44. The van der Waals surface area contributed by atoms with Gasteiger partial charge in [0, 0.05) is 28.4 Å². The molecule has 0 amide bonds. The molecule has 4 aromatic rings. The number of ether oxygens (including phenoxy) is 1. The Morgan fingerprint density at radius 1 is 1.07 bits per heavy atom. The van der Waals surface area contributed by atoms with Gasteiger partial charge in [0.2, 0.25) is 5.95 Å². The molecule has 6 rings (SSSR count). The number of hydrogen-bond donors (Lipinski definition) is 1. The van der Waals surface area contributed by atoms with E-state index < -0.39 is 0 Å². The summed E-state index contributed by atoms with van der Waals surface area (Å²) in [6.07, 6.45) is 5.04. The number of hydrogen-bond acceptors (Lipinski definition) is 6. The third kappa shape index (κ3) is 2.23. The van der Waals surface area contributed by atoms with Gasteiger partial charge in [0.05, 0.1) is 5.70 Å². The number of anilines is 1. The summed E-state index contributed by atoms with van der Waals surface area (Å²) < 4.78 is 8.43. The lowest BCUT2D eigenvalue weighted by Gasteiger charge is -2.38. The number of benzene rings is 1. The molecule has 0 saturated heterocycles. The summed E-state index contributed by atoms with van der Waals surface area (Å²) in [5, 5.41) is 10.1. The first-order valence-electron chi connectivity index (χ1n) is 9.00. The molecule has 0 bridgehead atoms. The lowest BCUT2D eigenvalue weighted by Crippen LogP contribution is -2.32. The summed E-state index contributed by atoms with van der Waals surface area (Å²) in [5.74, 6) is 1.58. The summed E-state index contributed by atoms with van der Waals surface area (Å²) >= 11 is 1.69. The van der Waals surface area contributed by atoms with Gasteiger partial charge in [-0.15, -0.1) is 11.3 Å². The van der Waals surface area contributed by atoms with Crippen LogP contribution in [0.5, 0.6) is 5.75 Å². The van der Waals surface area contributed by atoms with Crippen molar-refractivity contribution in [2.24, 2.45) is 0 Å². The minimum atomic E-state index is -0.208. The van der Waals surface area contributed by atoms with Gasteiger partial charge in [0.1, 0.15) is 18.1 Å². The molecule has 0 spiro atoms. The Labute approximate surface area is 165 Å². The van der Waals surface area contributed by atoms with Crippen molar-refractivity contribution >= 4 is 23.0 Å². The molecule has 3 aromatic heterocycles. The number of nitrogens with one attached hydrogen (secondary N) is 1. The number of pyridine rings is 1. The molecule has 1 aromatic carbocycles. The lowest BCUT2D eigenvalue weighted by molar-refractivity contribution is 0.226. The Bertz CT molecular complexity index is 1180. The van der Waals surface area contributed by atoms with E-state index in [0.717, 1.165) is 33.0 Å². The van der Waals surface area contributed by atoms with Crippen molar-refractivity contribution < 1.29 is 4.74 Å². The number of nitrogens with zero attached hydrogens (tertiary/aromatic N) is 4. The molecule has 7 heteroatoms. The Hall–Kier alpha value is -3.45. The fourth-order valence-electron chi connectivity index (χ4n) is 3.95. The molecule has 0 radical (unpaired) electrons. The Morgan fingerprint density at radius 3 is 2.89 bits per heavy atom. The maximum absolute atomic E-state index is 6.52. The number of aromatic nitrogens is 4. The van der Waals surface area contributed by atoms with Gasteiger partial charge in [0.25, 0.3) is 0 Å². The summed E-state index contributed by atoms with van der Waals surface area (Å²) in [7, 11) is 0. The highest BCUT2D eigenvalue weighted by Gasteiger charge is 2.41. The van der Waals surface area contributed by atoms with E-state index in [0.29, 0.717) is 5.95 Å². The average molecular weight is 385 g/mol. The highest BCUT2D eigenvalue weighted by molar-refractivity contribution is 7.10. The molecule has 0 fully saturated rings. The second-order valence-electron chi connectivity index (χ2n) is 6.68. The maximum Gasteiger partial charge on any atom is 0.226 e. The zero-order valence-corrected chi connectivity index (χ0v) is 15.5. The van der Waals surface area contributed by atoms with Gasteiger partial charge in [-0.3, -0.25) is 4.98 Å². The van der Waals surface area contributed by atoms with E-state index in [1.165, 1.54) is 0 Å². The van der Waals surface area contributed by atoms with Crippen LogP contribution in [-0.2, 0) is 0 Å². The summed E-state index contributed by atoms with van der Waals surface area (Å²) in [5.41, 5.74) is 4.24. The molecule has 28 heavy (non-hydrogen) atoms. The topological polar surface area (TPSA) is 64.9 Å². The minimum Gasteiger partial charge on any atom is -0.480 e. The van der Waals surface area contributed by atoms with Crippen LogP contribution >= 0.6 is 11.3 Å². The van der Waals surface area contributed by atoms with E-state index in [9.17, 15) is 0 Å². The first-order valence-corrected chi connectivity index (χ1v) is 9.88. The highest BCUT2D eigenvalue weighted by Crippen LogP contribution is 2.50. The van der Waals surface area contributed by atoms with Crippen molar-refractivity contribution in [1.82, 2.24) is 19.7 Å². The summed E-state index contributed by atoms with van der Waals surface area (Å²) in [4.78, 5) is 9.93. The standard InChI is InChI=1S/C21H15N5OS/c1-2-7-15-14(6-1)18-17(20(27-15)16-8-4-10-28-16)19(13-5-3-9-22-11-13)26-21(25-18)23-12-24-26/h1-12,19-20H,(H,23,24,25)/t19-,20-/m1/s1. The first kappa shape index (κ1) is 15.6. The predicted octanol–water partition coefficient (Wildman–Crippen LogP) is 4.29. The van der Waals surface area contributed by atoms with Crippen LogP contribution in [-0.4, -0.2) is 19.7 Å². The van der Waals surface area contributed by atoms with Gasteiger partial charge >= 0.3 is 0 Å². The predicted molar refractivity (Wildman–Crippen MR) is 107 cm³/mol. The van der Waals surface area contributed by atoms with Crippen molar-refractivity contribution in [3.05, 3.63) is 94.2 Å². The minimum absolute atomic E-state index is 0.150. The fraction of sp³-hybridized carbons (Fsp3) is 0.0952. The van der Waals surface area contributed by atoms with Crippen LogP contribution in [0.4, 0.5) is 5.95 Å². The van der Waals surface area contributed by atoms with Crippen LogP contribution in [0.2, 0.25) is 0 Å². The largest absolute Gasteiger partial charge is 0.480 e. The van der Waals surface area contributed by atoms with Gasteiger partial charge in [-0.25, -0.2) is 4.68 Å². The second-order valence-corrected chi connectivity index (χ2v) is 7.66. The molecule has 0 saturated carbocycles. The third-order valence-corrected chi connectivity index (χ3v) is 6.04. The van der Waals surface area contributed by atoms with Crippen molar-refractivity contribution in [2.75, 3.05) is 5.32 Å². The molecule has 136 valence electrons. The van der Waals surface area contributed by atoms with E-state index in [1.54, 1.807) is 23.9 Å². The van der Waals surface area contributed by atoms with Crippen LogP contribution in [0, 0.1) is 0 Å². The Balaban J connectivity index is 1.65. The molecule has 6 nitrogen and oxygen atoms in total. The molecular formula is C21H15N5OS. The number of fused-ring (bicyclic) bond motifs is 3. The Kier molecular flexibility index (Phi) is 3.36. The number of para-hydroxylation sites is 1. The third-order valence-electron chi connectivity index (χ3n) is 5.12. The van der Waals surface area contributed by atoms with Gasteiger partial charge < -0.3 is 10.1 Å². The molecular weight excluding hydrogens is 370 g/mol. The molecule has 1 N–H and O–H groups in total. The maximum atomic E-state index is 6.52. The van der Waals surface area contributed by atoms with E-state index in [4.69, 9.17) is 4.74 Å². The molecule has 0 unspecified atom stereocenters. The van der Waals surface area contributed by atoms with Crippen molar-refractivity contribution in [3.8, 4) is 5.75 Å². The molecule has 2 aliphatic heterocycles. The van der Waals surface area contributed by atoms with Crippen LogP contribution in [0.1, 0.15) is 28.1 Å². The first-order chi connectivity index (χ1) is 13.9. The van der Waals surface area contributed by atoms with Crippen LogP contribution < -0.4 is 10.1 Å².